The minimum atomic E-state index is -0.517. The van der Waals surface area contributed by atoms with Gasteiger partial charge in [0.1, 0.15) is 0 Å². The predicted octanol–water partition coefficient (Wildman–Crippen LogP) is -0.0729. The molecule has 8 nitrogen and oxygen atoms in total. The molecule has 0 fully saturated rings. The van der Waals surface area contributed by atoms with Gasteiger partial charge in [-0.2, -0.15) is 0 Å². The van der Waals surface area contributed by atoms with Gasteiger partial charge in [0, 0.05) is 5.92 Å². The molecule has 1 heterocycles. The number of aromatic amines is 2. The maximum atomic E-state index is 11.9. The van der Waals surface area contributed by atoms with Gasteiger partial charge in [-0.05, 0) is 12.1 Å². The van der Waals surface area contributed by atoms with Gasteiger partial charge in [0.2, 0.25) is 11.8 Å². The van der Waals surface area contributed by atoms with Crippen LogP contribution in [0.15, 0.2) is 27.8 Å². The van der Waals surface area contributed by atoms with E-state index in [4.69, 9.17) is 0 Å². The van der Waals surface area contributed by atoms with Crippen molar-refractivity contribution in [2.24, 2.45) is 5.92 Å². The molecule has 2 amide bonds. The molecule has 1 aromatic carbocycles. The van der Waals surface area contributed by atoms with Crippen LogP contribution in [-0.4, -0.2) is 28.6 Å². The van der Waals surface area contributed by atoms with Gasteiger partial charge in [-0.25, -0.2) is 0 Å². The molecule has 8 heteroatoms. The summed E-state index contributed by atoms with van der Waals surface area (Å²) in [5, 5.41) is 9.68. The third kappa shape index (κ3) is 3.22. The van der Waals surface area contributed by atoms with E-state index in [0.717, 1.165) is 0 Å². The summed E-state index contributed by atoms with van der Waals surface area (Å²) in [4.78, 5) is 46.8. The molecule has 0 bridgehead atoms. The van der Waals surface area contributed by atoms with Gasteiger partial charge in [0.15, 0.2) is 0 Å². The number of benzene rings is 1. The molecule has 0 spiro atoms. The number of nitrogens with one attached hydrogen (secondary N) is 4. The summed E-state index contributed by atoms with van der Waals surface area (Å²) in [7, 11) is 0. The van der Waals surface area contributed by atoms with E-state index in [0.29, 0.717) is 0 Å². The number of carbonyl (C=O) groups excluding carboxylic acids is 2. The number of aromatic nitrogens is 2. The Morgan fingerprint density at radius 3 is 2.50 bits per heavy atom. The van der Waals surface area contributed by atoms with Gasteiger partial charge in [-0.1, -0.05) is 19.9 Å². The lowest BCUT2D eigenvalue weighted by Gasteiger charge is -2.09. The molecule has 0 aliphatic heterocycles. The van der Waals surface area contributed by atoms with Crippen LogP contribution in [0.3, 0.4) is 0 Å². The maximum absolute atomic E-state index is 11.9. The number of rotatable bonds is 4. The molecule has 2 aromatic rings. The van der Waals surface area contributed by atoms with Crippen molar-refractivity contribution in [1.82, 2.24) is 15.5 Å². The number of hydrogen-bond donors (Lipinski definition) is 4. The van der Waals surface area contributed by atoms with E-state index in [1.54, 1.807) is 19.9 Å². The lowest BCUT2D eigenvalue weighted by molar-refractivity contribution is -0.126. The van der Waals surface area contributed by atoms with Crippen LogP contribution in [0.4, 0.5) is 5.69 Å². The largest absolute Gasteiger partial charge is 0.347 e. The Labute approximate surface area is 124 Å². The highest BCUT2D eigenvalue weighted by Crippen LogP contribution is 2.16. The summed E-state index contributed by atoms with van der Waals surface area (Å²) in [6.07, 6.45) is 0. The van der Waals surface area contributed by atoms with Crippen LogP contribution in [0.2, 0.25) is 0 Å². The minimum absolute atomic E-state index is 0.0924. The molecule has 0 aliphatic rings. The van der Waals surface area contributed by atoms with E-state index < -0.39 is 17.0 Å². The highest BCUT2D eigenvalue weighted by molar-refractivity contribution is 6.02. The molecule has 0 saturated heterocycles. The zero-order valence-corrected chi connectivity index (χ0v) is 12.1. The van der Waals surface area contributed by atoms with E-state index in [2.05, 4.69) is 20.8 Å². The van der Waals surface area contributed by atoms with Crippen molar-refractivity contribution in [2.45, 2.75) is 13.8 Å². The fourth-order valence-electron chi connectivity index (χ4n) is 1.90. The zero-order valence-electron chi connectivity index (χ0n) is 12.1. The van der Waals surface area contributed by atoms with Crippen LogP contribution >= 0.6 is 0 Å². The number of hydrogen-bond acceptors (Lipinski definition) is 4. The van der Waals surface area contributed by atoms with E-state index in [1.165, 1.54) is 12.1 Å². The van der Waals surface area contributed by atoms with Crippen LogP contribution in [0.1, 0.15) is 13.8 Å². The van der Waals surface area contributed by atoms with Crippen molar-refractivity contribution < 1.29 is 9.59 Å². The van der Waals surface area contributed by atoms with Crippen LogP contribution in [-0.2, 0) is 9.59 Å². The Morgan fingerprint density at radius 2 is 1.82 bits per heavy atom. The number of amides is 2. The molecule has 116 valence electrons. The summed E-state index contributed by atoms with van der Waals surface area (Å²) >= 11 is 0. The summed E-state index contributed by atoms with van der Waals surface area (Å²) in [6, 6.07) is 4.55. The molecule has 0 aliphatic carbocycles. The third-order valence-corrected chi connectivity index (χ3v) is 3.05. The highest BCUT2D eigenvalue weighted by atomic mass is 16.2. The van der Waals surface area contributed by atoms with Gasteiger partial charge in [-0.3, -0.25) is 29.4 Å². The Hall–Kier alpha value is -2.90. The SMILES string of the molecule is CC(C)C(=O)NCC(=O)Nc1cccc2c(=O)[nH][nH]c(=O)c12. The molecule has 0 atom stereocenters. The fraction of sp³-hybridized carbons (Fsp3) is 0.286. The first-order valence-electron chi connectivity index (χ1n) is 6.71. The highest BCUT2D eigenvalue weighted by Gasteiger charge is 2.12. The van der Waals surface area contributed by atoms with Crippen molar-refractivity contribution in [3.05, 3.63) is 38.9 Å². The number of carbonyl (C=O) groups is 2. The Balaban J connectivity index is 2.24. The van der Waals surface area contributed by atoms with E-state index in [1.807, 2.05) is 0 Å². The quantitative estimate of drug-likeness (QED) is 0.631. The standard InChI is InChI=1S/C14H16N4O4/c1-7(2)12(20)15-6-10(19)16-9-5-3-4-8-11(9)14(22)18-17-13(8)21/h3-5,7H,6H2,1-2H3,(H,15,20)(H,16,19)(H,17,21)(H,18,22). The molecular weight excluding hydrogens is 288 g/mol. The van der Waals surface area contributed by atoms with E-state index >= 15 is 0 Å². The van der Waals surface area contributed by atoms with Crippen molar-refractivity contribution in [3.8, 4) is 0 Å². The topological polar surface area (TPSA) is 124 Å². The third-order valence-electron chi connectivity index (χ3n) is 3.05. The van der Waals surface area contributed by atoms with Crippen molar-refractivity contribution in [2.75, 3.05) is 11.9 Å². The van der Waals surface area contributed by atoms with E-state index in [9.17, 15) is 19.2 Å². The lowest BCUT2D eigenvalue weighted by Crippen LogP contribution is -2.35. The van der Waals surface area contributed by atoms with Crippen molar-refractivity contribution in [1.29, 1.82) is 0 Å². The lowest BCUT2D eigenvalue weighted by atomic mass is 10.1. The van der Waals surface area contributed by atoms with Crippen LogP contribution in [0.25, 0.3) is 10.8 Å². The first-order valence-corrected chi connectivity index (χ1v) is 6.71. The van der Waals surface area contributed by atoms with Crippen LogP contribution < -0.4 is 21.8 Å². The monoisotopic (exact) mass is 304 g/mol. The summed E-state index contributed by atoms with van der Waals surface area (Å²) in [5.74, 6) is -0.963. The summed E-state index contributed by atoms with van der Waals surface area (Å²) < 4.78 is 0. The second-order valence-corrected chi connectivity index (χ2v) is 5.06. The molecule has 22 heavy (non-hydrogen) atoms. The Morgan fingerprint density at radius 1 is 1.14 bits per heavy atom. The second-order valence-electron chi connectivity index (χ2n) is 5.06. The fourth-order valence-corrected chi connectivity index (χ4v) is 1.90. The average Bonchev–Trinajstić information content (AvgIpc) is 2.48. The maximum Gasteiger partial charge on any atom is 0.272 e. The van der Waals surface area contributed by atoms with Gasteiger partial charge < -0.3 is 10.6 Å². The number of anilines is 1. The smallest absolute Gasteiger partial charge is 0.272 e. The van der Waals surface area contributed by atoms with E-state index in [-0.39, 0.29) is 34.8 Å². The normalized spacial score (nSPS) is 10.7. The first kappa shape index (κ1) is 15.5. The first-order chi connectivity index (χ1) is 10.4. The van der Waals surface area contributed by atoms with Gasteiger partial charge in [0.25, 0.3) is 11.1 Å². The Kier molecular flexibility index (Phi) is 4.40. The molecule has 0 unspecified atom stereocenters. The minimum Gasteiger partial charge on any atom is -0.347 e. The predicted molar refractivity (Wildman–Crippen MR) is 81.7 cm³/mol. The molecule has 2 rings (SSSR count). The van der Waals surface area contributed by atoms with Crippen molar-refractivity contribution >= 4 is 28.3 Å². The molecule has 0 radical (unpaired) electrons. The molecule has 0 saturated carbocycles. The average molecular weight is 304 g/mol. The van der Waals surface area contributed by atoms with Gasteiger partial charge >= 0.3 is 0 Å². The van der Waals surface area contributed by atoms with Crippen molar-refractivity contribution in [3.63, 3.8) is 0 Å². The number of H-pyrrole nitrogens is 2. The molecule has 4 N–H and O–H groups in total. The summed E-state index contributed by atoms with van der Waals surface area (Å²) in [6.45, 7) is 3.21. The molecule has 1 aromatic heterocycles. The molecular formula is C14H16N4O4. The van der Waals surface area contributed by atoms with Gasteiger partial charge in [-0.15, -0.1) is 0 Å². The number of fused-ring (bicyclic) bond motifs is 1. The second kappa shape index (κ2) is 6.25. The summed E-state index contributed by atoms with van der Waals surface area (Å²) in [5.41, 5.74) is -0.760. The van der Waals surface area contributed by atoms with Crippen LogP contribution in [0.5, 0.6) is 0 Å². The Bertz CT molecular complexity index is 835. The van der Waals surface area contributed by atoms with Crippen LogP contribution in [0, 0.1) is 5.92 Å². The van der Waals surface area contributed by atoms with Gasteiger partial charge in [0.05, 0.1) is 23.0 Å². The zero-order chi connectivity index (χ0) is 16.3.